The van der Waals surface area contributed by atoms with Gasteiger partial charge in [-0.15, -0.1) is 6.58 Å². The Morgan fingerprint density at radius 1 is 1.43 bits per heavy atom. The van der Waals surface area contributed by atoms with E-state index >= 15 is 0 Å². The molecule has 0 aromatic heterocycles. The van der Waals surface area contributed by atoms with Gasteiger partial charge in [0.15, 0.2) is 0 Å². The molecule has 6 heteroatoms. The van der Waals surface area contributed by atoms with E-state index in [4.69, 9.17) is 0 Å². The standard InChI is InChI=1S/C17H21N4O2/c1-4-9-20-18-17(12(2)11-21(20)23)14-5-7-15-13(10-14)6-8-16(22)19(15)3/h4-5,7,10,12H,1,6,8-9,11H2,2-3H3/q-1. The molecule has 1 aromatic carbocycles. The number of carbonyl (C=O) groups excluding carboxylic acids is 1. The van der Waals surface area contributed by atoms with Crippen LogP contribution in [0.3, 0.4) is 0 Å². The highest BCUT2D eigenvalue weighted by atomic mass is 16.6. The predicted octanol–water partition coefficient (Wildman–Crippen LogP) is 2.15. The number of hydrogen-bond acceptors (Lipinski definition) is 5. The van der Waals surface area contributed by atoms with Crippen molar-refractivity contribution in [3.8, 4) is 0 Å². The van der Waals surface area contributed by atoms with Crippen LogP contribution in [-0.4, -0.2) is 42.0 Å². The summed E-state index contributed by atoms with van der Waals surface area (Å²) in [6.07, 6.45) is 2.94. The molecule has 2 aliphatic heterocycles. The van der Waals surface area contributed by atoms with Crippen LogP contribution in [0.1, 0.15) is 24.5 Å². The van der Waals surface area contributed by atoms with Gasteiger partial charge in [0, 0.05) is 31.6 Å². The number of rotatable bonds is 3. The van der Waals surface area contributed by atoms with Gasteiger partial charge in [0.25, 0.3) is 0 Å². The summed E-state index contributed by atoms with van der Waals surface area (Å²) in [4.78, 5) is 13.5. The molecule has 3 rings (SSSR count). The van der Waals surface area contributed by atoms with Gasteiger partial charge in [-0.2, -0.15) is 5.10 Å². The zero-order valence-electron chi connectivity index (χ0n) is 13.5. The molecule has 0 spiro atoms. The molecule has 1 unspecified atom stereocenters. The molecule has 0 N–H and O–H groups in total. The van der Waals surface area contributed by atoms with E-state index in [1.165, 1.54) is 5.12 Å². The van der Waals surface area contributed by atoms with Crippen molar-refractivity contribution in [3.63, 3.8) is 0 Å². The number of anilines is 1. The summed E-state index contributed by atoms with van der Waals surface area (Å²) >= 11 is 0. The Balaban J connectivity index is 1.96. The maximum absolute atomic E-state index is 11.9. The zero-order chi connectivity index (χ0) is 16.6. The van der Waals surface area contributed by atoms with Gasteiger partial charge < -0.3 is 10.1 Å². The van der Waals surface area contributed by atoms with Crippen molar-refractivity contribution in [1.82, 2.24) is 10.3 Å². The third kappa shape index (κ3) is 2.87. The van der Waals surface area contributed by atoms with Crippen molar-refractivity contribution >= 4 is 17.3 Å². The third-order valence-corrected chi connectivity index (χ3v) is 4.39. The van der Waals surface area contributed by atoms with Crippen LogP contribution in [0.2, 0.25) is 0 Å². The number of benzene rings is 1. The molecule has 0 radical (unpaired) electrons. The summed E-state index contributed by atoms with van der Waals surface area (Å²) in [5, 5.41) is 18.7. The van der Waals surface area contributed by atoms with E-state index in [0.29, 0.717) is 19.5 Å². The molecule has 2 aliphatic rings. The Bertz CT molecular complexity index is 671. The lowest BCUT2D eigenvalue weighted by molar-refractivity contribution is -0.118. The summed E-state index contributed by atoms with van der Waals surface area (Å²) in [7, 11) is 1.81. The van der Waals surface area contributed by atoms with Crippen LogP contribution in [-0.2, 0) is 11.2 Å². The molecule has 0 bridgehead atoms. The number of fused-ring (bicyclic) bond motifs is 1. The van der Waals surface area contributed by atoms with Gasteiger partial charge in [0.2, 0.25) is 5.91 Å². The number of aryl methyl sites for hydroxylation is 1. The van der Waals surface area contributed by atoms with E-state index < -0.39 is 0 Å². The predicted molar refractivity (Wildman–Crippen MR) is 90.9 cm³/mol. The van der Waals surface area contributed by atoms with Crippen LogP contribution in [0.5, 0.6) is 0 Å². The smallest absolute Gasteiger partial charge is 0.227 e. The summed E-state index contributed by atoms with van der Waals surface area (Å²) in [5.41, 5.74) is 4.03. The number of hydrazine groups is 1. The first-order chi connectivity index (χ1) is 11.0. The van der Waals surface area contributed by atoms with Gasteiger partial charge >= 0.3 is 0 Å². The SMILES string of the molecule is C=CCN1N=C(c2ccc3c(c2)CCC(=O)N3C)C(C)CN1[O-]. The van der Waals surface area contributed by atoms with Crippen LogP contribution in [0.4, 0.5) is 5.69 Å². The Labute approximate surface area is 136 Å². The van der Waals surface area contributed by atoms with Crippen molar-refractivity contribution in [3.05, 3.63) is 47.2 Å². The highest BCUT2D eigenvalue weighted by molar-refractivity contribution is 6.04. The number of hydroxylamine groups is 1. The molecule has 0 fully saturated rings. The van der Waals surface area contributed by atoms with Crippen molar-refractivity contribution in [2.24, 2.45) is 11.0 Å². The maximum atomic E-state index is 11.9. The van der Waals surface area contributed by atoms with Crippen molar-refractivity contribution < 1.29 is 4.79 Å². The first-order valence-electron chi connectivity index (χ1n) is 7.82. The Hall–Kier alpha value is -2.18. The molecule has 122 valence electrons. The second kappa shape index (κ2) is 6.14. The molecular formula is C17H21N4O2-. The van der Waals surface area contributed by atoms with Gasteiger partial charge in [-0.25, -0.2) is 5.12 Å². The number of carbonyl (C=O) groups is 1. The van der Waals surface area contributed by atoms with E-state index in [0.717, 1.165) is 34.1 Å². The summed E-state index contributed by atoms with van der Waals surface area (Å²) in [6, 6.07) is 6.05. The lowest BCUT2D eigenvalue weighted by atomic mass is 9.93. The van der Waals surface area contributed by atoms with E-state index in [2.05, 4.69) is 17.7 Å². The number of nitrogens with zero attached hydrogens (tertiary/aromatic N) is 4. The second-order valence-electron chi connectivity index (χ2n) is 6.06. The number of hydrogen-bond donors (Lipinski definition) is 0. The van der Waals surface area contributed by atoms with E-state index in [9.17, 15) is 10.0 Å². The molecule has 0 saturated heterocycles. The summed E-state index contributed by atoms with van der Waals surface area (Å²) in [5.74, 6) is 0.197. The lowest BCUT2D eigenvalue weighted by Gasteiger charge is -2.43. The highest BCUT2D eigenvalue weighted by Gasteiger charge is 2.25. The zero-order valence-corrected chi connectivity index (χ0v) is 13.5. The Morgan fingerprint density at radius 3 is 2.96 bits per heavy atom. The van der Waals surface area contributed by atoms with Crippen LogP contribution in [0.15, 0.2) is 36.0 Å². The fourth-order valence-corrected chi connectivity index (χ4v) is 3.09. The number of hydrazone groups is 1. The van der Waals surface area contributed by atoms with E-state index in [1.807, 2.05) is 26.1 Å². The van der Waals surface area contributed by atoms with Gasteiger partial charge in [0.05, 0.1) is 12.3 Å². The average molecular weight is 313 g/mol. The minimum Gasteiger partial charge on any atom is -0.766 e. The van der Waals surface area contributed by atoms with E-state index in [-0.39, 0.29) is 11.8 Å². The largest absolute Gasteiger partial charge is 0.766 e. The van der Waals surface area contributed by atoms with Gasteiger partial charge in [-0.05, 0) is 29.7 Å². The normalized spacial score (nSPS) is 22.0. The fraction of sp³-hybridized carbons (Fsp3) is 0.412. The maximum Gasteiger partial charge on any atom is 0.227 e. The first-order valence-corrected chi connectivity index (χ1v) is 7.82. The van der Waals surface area contributed by atoms with Crippen molar-refractivity contribution in [2.75, 3.05) is 25.0 Å². The topological polar surface area (TPSA) is 62.2 Å². The fourth-order valence-electron chi connectivity index (χ4n) is 3.09. The van der Waals surface area contributed by atoms with Gasteiger partial charge in [-0.1, -0.05) is 19.1 Å². The molecule has 0 saturated carbocycles. The molecule has 1 amide bonds. The average Bonchev–Trinajstić information content (AvgIpc) is 2.53. The summed E-state index contributed by atoms with van der Waals surface area (Å²) in [6.45, 7) is 6.44. The molecule has 0 aliphatic carbocycles. The molecular weight excluding hydrogens is 292 g/mol. The molecule has 1 aromatic rings. The number of amides is 1. The quantitative estimate of drug-likeness (QED) is 0.802. The van der Waals surface area contributed by atoms with Crippen LogP contribution < -0.4 is 4.90 Å². The lowest BCUT2D eigenvalue weighted by Crippen LogP contribution is -2.44. The molecule has 1 atom stereocenters. The Kier molecular flexibility index (Phi) is 4.19. The van der Waals surface area contributed by atoms with E-state index in [1.54, 1.807) is 11.0 Å². The monoisotopic (exact) mass is 313 g/mol. The van der Waals surface area contributed by atoms with Crippen molar-refractivity contribution in [2.45, 2.75) is 19.8 Å². The molecule has 2 heterocycles. The van der Waals surface area contributed by atoms with Crippen LogP contribution in [0, 0.1) is 11.1 Å². The minimum atomic E-state index is 0.0505. The summed E-state index contributed by atoms with van der Waals surface area (Å²) < 4.78 is 0. The minimum absolute atomic E-state index is 0.0505. The molecule has 6 nitrogen and oxygen atoms in total. The highest BCUT2D eigenvalue weighted by Crippen LogP contribution is 2.29. The Morgan fingerprint density at radius 2 is 2.22 bits per heavy atom. The van der Waals surface area contributed by atoms with Crippen molar-refractivity contribution in [1.29, 1.82) is 0 Å². The second-order valence-corrected chi connectivity index (χ2v) is 6.06. The molecule has 23 heavy (non-hydrogen) atoms. The third-order valence-electron chi connectivity index (χ3n) is 4.39. The first kappa shape index (κ1) is 15.7. The van der Waals surface area contributed by atoms with Gasteiger partial charge in [-0.3, -0.25) is 9.97 Å². The van der Waals surface area contributed by atoms with Crippen LogP contribution >= 0.6 is 0 Å². The van der Waals surface area contributed by atoms with Crippen LogP contribution in [0.25, 0.3) is 0 Å². The van der Waals surface area contributed by atoms with Gasteiger partial charge in [0.1, 0.15) is 0 Å².